The van der Waals surface area contributed by atoms with Crippen LogP contribution in [-0.2, 0) is 19.6 Å². The SMILES string of the molecule is CNCC(=O)Nc1cc(S(=O)(=O)N2CCOCC2)ccc1O.Cl. The summed E-state index contributed by atoms with van der Waals surface area (Å²) < 4.78 is 31.5. The van der Waals surface area contributed by atoms with E-state index in [0.29, 0.717) is 13.2 Å². The molecule has 23 heavy (non-hydrogen) atoms. The lowest BCUT2D eigenvalue weighted by molar-refractivity contribution is -0.115. The smallest absolute Gasteiger partial charge is 0.243 e. The zero-order valence-electron chi connectivity index (χ0n) is 12.6. The quantitative estimate of drug-likeness (QED) is 0.633. The molecule has 1 aromatic rings. The Hall–Kier alpha value is -1.39. The number of benzene rings is 1. The van der Waals surface area contributed by atoms with Gasteiger partial charge in [0.05, 0.1) is 30.3 Å². The number of halogens is 1. The molecular weight excluding hydrogens is 346 g/mol. The maximum absolute atomic E-state index is 12.5. The fourth-order valence-electron chi connectivity index (χ4n) is 2.07. The lowest BCUT2D eigenvalue weighted by Crippen LogP contribution is -2.40. The summed E-state index contributed by atoms with van der Waals surface area (Å²) >= 11 is 0. The van der Waals surface area contributed by atoms with Gasteiger partial charge in [-0.05, 0) is 25.2 Å². The maximum atomic E-state index is 12.5. The molecule has 1 saturated heterocycles. The number of hydrogen-bond donors (Lipinski definition) is 3. The summed E-state index contributed by atoms with van der Waals surface area (Å²) in [6.07, 6.45) is 0. The molecule has 1 aliphatic rings. The zero-order chi connectivity index (χ0) is 16.2. The third-order valence-electron chi connectivity index (χ3n) is 3.19. The Bertz CT molecular complexity index is 647. The normalized spacial score (nSPS) is 15.7. The second-order valence-electron chi connectivity index (χ2n) is 4.77. The number of phenolic OH excluding ortho intramolecular Hbond substituents is 1. The van der Waals surface area contributed by atoms with Crippen molar-refractivity contribution in [3.63, 3.8) is 0 Å². The van der Waals surface area contributed by atoms with Gasteiger partial charge in [-0.1, -0.05) is 0 Å². The number of sulfonamides is 1. The highest BCUT2D eigenvalue weighted by atomic mass is 35.5. The third kappa shape index (κ3) is 4.79. The van der Waals surface area contributed by atoms with Crippen molar-refractivity contribution in [2.45, 2.75) is 4.90 Å². The van der Waals surface area contributed by atoms with Gasteiger partial charge in [0, 0.05) is 13.1 Å². The molecule has 10 heteroatoms. The Morgan fingerprint density at radius 1 is 1.35 bits per heavy atom. The number of likely N-dealkylation sites (N-methyl/N-ethyl adjacent to an activating group) is 1. The average Bonchev–Trinajstić information content (AvgIpc) is 2.50. The lowest BCUT2D eigenvalue weighted by Gasteiger charge is -2.26. The van der Waals surface area contributed by atoms with Gasteiger partial charge in [0.1, 0.15) is 5.75 Å². The highest BCUT2D eigenvalue weighted by Crippen LogP contribution is 2.28. The Morgan fingerprint density at radius 3 is 2.61 bits per heavy atom. The molecule has 3 N–H and O–H groups in total. The minimum absolute atomic E-state index is 0. The van der Waals surface area contributed by atoms with E-state index in [1.165, 1.54) is 22.5 Å². The number of anilines is 1. The summed E-state index contributed by atoms with van der Waals surface area (Å²) in [6, 6.07) is 3.82. The van der Waals surface area contributed by atoms with Crippen LogP contribution in [0.4, 0.5) is 5.69 Å². The van der Waals surface area contributed by atoms with E-state index in [1.807, 2.05) is 0 Å². The van der Waals surface area contributed by atoms with Crippen LogP contribution in [0.25, 0.3) is 0 Å². The van der Waals surface area contributed by atoms with E-state index in [-0.39, 0.29) is 54.3 Å². The number of hydrogen-bond acceptors (Lipinski definition) is 6. The van der Waals surface area contributed by atoms with Gasteiger partial charge in [-0.2, -0.15) is 4.31 Å². The van der Waals surface area contributed by atoms with Crippen molar-refractivity contribution in [2.24, 2.45) is 0 Å². The number of carbonyl (C=O) groups is 1. The van der Waals surface area contributed by atoms with E-state index in [0.717, 1.165) is 0 Å². The van der Waals surface area contributed by atoms with Gasteiger partial charge in [-0.25, -0.2) is 8.42 Å². The molecule has 0 unspecified atom stereocenters. The van der Waals surface area contributed by atoms with Crippen LogP contribution in [-0.4, -0.2) is 63.6 Å². The summed E-state index contributed by atoms with van der Waals surface area (Å²) in [6.45, 7) is 1.32. The first kappa shape index (κ1) is 19.7. The van der Waals surface area contributed by atoms with Crippen LogP contribution < -0.4 is 10.6 Å². The fraction of sp³-hybridized carbons (Fsp3) is 0.462. The van der Waals surface area contributed by atoms with E-state index < -0.39 is 10.0 Å². The average molecular weight is 366 g/mol. The molecule has 1 heterocycles. The molecule has 1 aliphatic heterocycles. The number of rotatable bonds is 5. The molecule has 0 saturated carbocycles. The van der Waals surface area contributed by atoms with E-state index in [9.17, 15) is 18.3 Å². The van der Waals surface area contributed by atoms with E-state index in [4.69, 9.17) is 4.74 Å². The predicted octanol–water partition coefficient (Wildman–Crippen LogP) is -0.00720. The van der Waals surface area contributed by atoms with Gasteiger partial charge in [0.2, 0.25) is 15.9 Å². The minimum Gasteiger partial charge on any atom is -0.506 e. The molecule has 0 atom stereocenters. The molecule has 0 aromatic heterocycles. The predicted molar refractivity (Wildman–Crippen MR) is 87.5 cm³/mol. The number of carbonyl (C=O) groups excluding carboxylic acids is 1. The highest BCUT2D eigenvalue weighted by Gasteiger charge is 2.27. The molecular formula is C13H20ClN3O5S. The molecule has 1 amide bonds. The summed E-state index contributed by atoms with van der Waals surface area (Å²) in [5, 5.41) is 14.9. The molecule has 0 aliphatic carbocycles. The van der Waals surface area contributed by atoms with E-state index in [2.05, 4.69) is 10.6 Å². The van der Waals surface area contributed by atoms with Gasteiger partial charge in [-0.15, -0.1) is 12.4 Å². The van der Waals surface area contributed by atoms with Crippen LogP contribution in [0.1, 0.15) is 0 Å². The molecule has 2 rings (SSSR count). The summed E-state index contributed by atoms with van der Waals surface area (Å²) in [7, 11) is -2.06. The topological polar surface area (TPSA) is 108 Å². The first-order chi connectivity index (χ1) is 10.4. The summed E-state index contributed by atoms with van der Waals surface area (Å²) in [4.78, 5) is 11.6. The largest absolute Gasteiger partial charge is 0.506 e. The Kier molecular flexibility index (Phi) is 7.23. The van der Waals surface area contributed by atoms with Crippen molar-refractivity contribution in [3.8, 4) is 5.75 Å². The molecule has 0 spiro atoms. The Balaban J connectivity index is 0.00000264. The van der Waals surface area contributed by atoms with Gasteiger partial charge in [0.25, 0.3) is 0 Å². The number of nitrogens with one attached hydrogen (secondary N) is 2. The summed E-state index contributed by atoms with van der Waals surface area (Å²) in [5.41, 5.74) is 0.0644. The monoisotopic (exact) mass is 365 g/mol. The maximum Gasteiger partial charge on any atom is 0.243 e. The second kappa shape index (κ2) is 8.46. The first-order valence-electron chi connectivity index (χ1n) is 6.80. The third-order valence-corrected chi connectivity index (χ3v) is 5.08. The molecule has 1 aromatic carbocycles. The molecule has 8 nitrogen and oxygen atoms in total. The van der Waals surface area contributed by atoms with E-state index in [1.54, 1.807) is 7.05 Å². The van der Waals surface area contributed by atoms with Crippen molar-refractivity contribution >= 4 is 34.0 Å². The molecule has 130 valence electrons. The van der Waals surface area contributed by atoms with Crippen molar-refractivity contribution in [1.29, 1.82) is 0 Å². The fourth-order valence-corrected chi connectivity index (χ4v) is 3.50. The second-order valence-corrected chi connectivity index (χ2v) is 6.71. The molecule has 0 bridgehead atoms. The number of amides is 1. The van der Waals surface area contributed by atoms with Gasteiger partial charge in [-0.3, -0.25) is 4.79 Å². The van der Waals surface area contributed by atoms with Crippen LogP contribution in [0.5, 0.6) is 5.75 Å². The van der Waals surface area contributed by atoms with Crippen LogP contribution in [0.3, 0.4) is 0 Å². The number of morpholine rings is 1. The minimum atomic E-state index is -3.67. The Morgan fingerprint density at radius 2 is 2.00 bits per heavy atom. The summed E-state index contributed by atoms with van der Waals surface area (Å²) in [5.74, 6) is -0.566. The van der Waals surface area contributed by atoms with E-state index >= 15 is 0 Å². The first-order valence-corrected chi connectivity index (χ1v) is 8.24. The van der Waals surface area contributed by atoms with Crippen LogP contribution in [0, 0.1) is 0 Å². The number of phenols is 1. The Labute approximate surface area is 141 Å². The molecule has 0 radical (unpaired) electrons. The van der Waals surface area contributed by atoms with Gasteiger partial charge in [0.15, 0.2) is 0 Å². The van der Waals surface area contributed by atoms with Crippen molar-refractivity contribution in [1.82, 2.24) is 9.62 Å². The van der Waals surface area contributed by atoms with Crippen molar-refractivity contribution in [2.75, 3.05) is 45.2 Å². The van der Waals surface area contributed by atoms with Crippen LogP contribution >= 0.6 is 12.4 Å². The van der Waals surface area contributed by atoms with Gasteiger partial charge >= 0.3 is 0 Å². The number of nitrogens with zero attached hydrogens (tertiary/aromatic N) is 1. The number of aromatic hydroxyl groups is 1. The lowest BCUT2D eigenvalue weighted by atomic mass is 10.3. The van der Waals surface area contributed by atoms with Crippen molar-refractivity contribution < 1.29 is 23.1 Å². The zero-order valence-corrected chi connectivity index (χ0v) is 14.2. The standard InChI is InChI=1S/C13H19N3O5S.ClH/c1-14-9-13(18)15-11-8-10(2-3-12(11)17)22(19,20)16-4-6-21-7-5-16;/h2-3,8,14,17H,4-7,9H2,1H3,(H,15,18);1H. The van der Waals surface area contributed by atoms with Crippen molar-refractivity contribution in [3.05, 3.63) is 18.2 Å². The number of ether oxygens (including phenoxy) is 1. The van der Waals surface area contributed by atoms with Gasteiger partial charge < -0.3 is 20.5 Å². The van der Waals surface area contributed by atoms with Crippen LogP contribution in [0.2, 0.25) is 0 Å². The highest BCUT2D eigenvalue weighted by molar-refractivity contribution is 7.89. The van der Waals surface area contributed by atoms with Crippen LogP contribution in [0.15, 0.2) is 23.1 Å². The molecule has 1 fully saturated rings.